The third kappa shape index (κ3) is 1.73. The van der Waals surface area contributed by atoms with E-state index in [1.165, 1.54) is 38.5 Å². The van der Waals surface area contributed by atoms with Crippen molar-refractivity contribution in [1.29, 1.82) is 0 Å². The van der Waals surface area contributed by atoms with E-state index in [-0.39, 0.29) is 11.7 Å². The molecule has 1 nitrogen and oxygen atoms in total. The van der Waals surface area contributed by atoms with Crippen LogP contribution in [0, 0.1) is 23.2 Å². The summed E-state index contributed by atoms with van der Waals surface area (Å²) < 4.78 is 0. The second-order valence-corrected chi connectivity index (χ2v) is 6.53. The molecule has 4 fully saturated rings. The number of Topliss-reactive ketones (excluding diaryl/α,β-unsaturated/α-hetero) is 1. The SMILES string of the molecule is O=C(CCl)CC12CC3CC(CC(C3)C1)C2. The zero-order chi connectivity index (χ0) is 10.5. The highest BCUT2D eigenvalue weighted by Crippen LogP contribution is 2.61. The van der Waals surface area contributed by atoms with Crippen LogP contribution >= 0.6 is 11.6 Å². The van der Waals surface area contributed by atoms with Crippen LogP contribution in [0.3, 0.4) is 0 Å². The van der Waals surface area contributed by atoms with E-state index in [9.17, 15) is 4.79 Å². The van der Waals surface area contributed by atoms with E-state index in [1.807, 2.05) is 0 Å². The van der Waals surface area contributed by atoms with E-state index in [1.54, 1.807) is 0 Å². The lowest BCUT2D eigenvalue weighted by atomic mass is 9.48. The lowest BCUT2D eigenvalue weighted by Crippen LogP contribution is -2.46. The number of hydrogen-bond donors (Lipinski definition) is 0. The minimum atomic E-state index is 0.224. The predicted octanol–water partition coefficient (Wildman–Crippen LogP) is 3.40. The molecule has 0 atom stereocenters. The first-order valence-corrected chi connectivity index (χ1v) is 6.80. The van der Waals surface area contributed by atoms with Gasteiger partial charge in [0.05, 0.1) is 5.88 Å². The first kappa shape index (κ1) is 10.1. The number of hydrogen-bond acceptors (Lipinski definition) is 1. The lowest BCUT2D eigenvalue weighted by Gasteiger charge is -2.56. The van der Waals surface area contributed by atoms with Gasteiger partial charge in [-0.1, -0.05) is 0 Å². The molecule has 0 aromatic heterocycles. The molecule has 15 heavy (non-hydrogen) atoms. The van der Waals surface area contributed by atoms with Gasteiger partial charge in [-0.2, -0.15) is 0 Å². The number of alkyl halides is 1. The Morgan fingerprint density at radius 3 is 1.93 bits per heavy atom. The normalized spacial score (nSPS) is 47.1. The van der Waals surface area contributed by atoms with Gasteiger partial charge in [0, 0.05) is 6.42 Å². The zero-order valence-corrected chi connectivity index (χ0v) is 9.93. The van der Waals surface area contributed by atoms with Crippen LogP contribution in [0.1, 0.15) is 44.9 Å². The monoisotopic (exact) mass is 226 g/mol. The van der Waals surface area contributed by atoms with Crippen LogP contribution in [0.25, 0.3) is 0 Å². The van der Waals surface area contributed by atoms with Crippen molar-refractivity contribution in [2.45, 2.75) is 44.9 Å². The van der Waals surface area contributed by atoms with Crippen molar-refractivity contribution in [2.75, 3.05) is 5.88 Å². The van der Waals surface area contributed by atoms with Crippen molar-refractivity contribution in [2.24, 2.45) is 23.2 Å². The van der Waals surface area contributed by atoms with Crippen molar-refractivity contribution in [3.05, 3.63) is 0 Å². The van der Waals surface area contributed by atoms with Gasteiger partial charge in [0.2, 0.25) is 0 Å². The van der Waals surface area contributed by atoms with Crippen LogP contribution in [0.5, 0.6) is 0 Å². The van der Waals surface area contributed by atoms with E-state index in [4.69, 9.17) is 11.6 Å². The summed E-state index contributed by atoms with van der Waals surface area (Å²) in [7, 11) is 0. The Kier molecular flexibility index (Phi) is 2.35. The summed E-state index contributed by atoms with van der Waals surface area (Å²) in [6.45, 7) is 0. The fourth-order valence-electron chi connectivity index (χ4n) is 4.97. The summed E-state index contributed by atoms with van der Waals surface area (Å²) in [5, 5.41) is 0. The number of rotatable bonds is 3. The molecular formula is C13H19ClO. The third-order valence-corrected chi connectivity index (χ3v) is 5.18. The molecule has 0 spiro atoms. The van der Waals surface area contributed by atoms with Crippen LogP contribution < -0.4 is 0 Å². The molecule has 0 saturated heterocycles. The van der Waals surface area contributed by atoms with Crippen molar-refractivity contribution < 1.29 is 4.79 Å². The van der Waals surface area contributed by atoms with E-state index >= 15 is 0 Å². The van der Waals surface area contributed by atoms with Crippen molar-refractivity contribution in [3.8, 4) is 0 Å². The van der Waals surface area contributed by atoms with Crippen LogP contribution in [0.2, 0.25) is 0 Å². The number of carbonyl (C=O) groups is 1. The minimum Gasteiger partial charge on any atom is -0.298 e. The molecule has 0 N–H and O–H groups in total. The first-order valence-electron chi connectivity index (χ1n) is 6.27. The molecular weight excluding hydrogens is 208 g/mol. The maximum Gasteiger partial charge on any atom is 0.148 e. The molecule has 0 heterocycles. The summed E-state index contributed by atoms with van der Waals surface area (Å²) in [4.78, 5) is 11.6. The fourth-order valence-corrected chi connectivity index (χ4v) is 5.07. The summed E-state index contributed by atoms with van der Waals surface area (Å²) in [6.07, 6.45) is 9.10. The Hall–Kier alpha value is -0.0400. The Balaban J connectivity index is 1.78. The largest absolute Gasteiger partial charge is 0.298 e. The number of carbonyl (C=O) groups excluding carboxylic acids is 1. The molecule has 0 aromatic rings. The van der Waals surface area contributed by atoms with Gasteiger partial charge in [0.15, 0.2) is 0 Å². The van der Waals surface area contributed by atoms with Crippen LogP contribution in [0.15, 0.2) is 0 Å². The van der Waals surface area contributed by atoms with Crippen molar-refractivity contribution in [1.82, 2.24) is 0 Å². The van der Waals surface area contributed by atoms with Gasteiger partial charge in [-0.3, -0.25) is 4.79 Å². The van der Waals surface area contributed by atoms with Gasteiger partial charge in [0.1, 0.15) is 5.78 Å². The fraction of sp³-hybridized carbons (Fsp3) is 0.923. The topological polar surface area (TPSA) is 17.1 Å². The molecule has 4 rings (SSSR count). The number of ketones is 1. The van der Waals surface area contributed by atoms with Gasteiger partial charge in [-0.25, -0.2) is 0 Å². The molecule has 4 aliphatic carbocycles. The van der Waals surface area contributed by atoms with Gasteiger partial charge < -0.3 is 0 Å². The molecule has 0 unspecified atom stereocenters. The van der Waals surface area contributed by atoms with E-state index in [0.29, 0.717) is 5.41 Å². The Labute approximate surface area is 96.6 Å². The zero-order valence-electron chi connectivity index (χ0n) is 9.18. The molecule has 0 aromatic carbocycles. The molecule has 4 aliphatic rings. The van der Waals surface area contributed by atoms with Gasteiger partial charge in [0.25, 0.3) is 0 Å². The maximum absolute atomic E-state index is 11.6. The van der Waals surface area contributed by atoms with Crippen molar-refractivity contribution in [3.63, 3.8) is 0 Å². The second kappa shape index (κ2) is 3.48. The van der Waals surface area contributed by atoms with E-state index in [2.05, 4.69) is 0 Å². The maximum atomic E-state index is 11.6. The highest BCUT2D eigenvalue weighted by Gasteiger charge is 2.51. The second-order valence-electron chi connectivity index (χ2n) is 6.27. The molecule has 4 saturated carbocycles. The van der Waals surface area contributed by atoms with Gasteiger partial charge >= 0.3 is 0 Å². The third-order valence-electron chi connectivity index (χ3n) is 4.89. The highest BCUT2D eigenvalue weighted by atomic mass is 35.5. The Morgan fingerprint density at radius 1 is 1.07 bits per heavy atom. The minimum absolute atomic E-state index is 0.224. The van der Waals surface area contributed by atoms with Crippen LogP contribution in [0.4, 0.5) is 0 Å². The smallest absolute Gasteiger partial charge is 0.148 e. The average Bonchev–Trinajstić information content (AvgIpc) is 2.14. The van der Waals surface area contributed by atoms with Crippen molar-refractivity contribution >= 4 is 17.4 Å². The predicted molar refractivity (Wildman–Crippen MR) is 60.9 cm³/mol. The molecule has 84 valence electrons. The number of halogens is 1. The Bertz CT molecular complexity index is 249. The van der Waals surface area contributed by atoms with E-state index in [0.717, 1.165) is 24.2 Å². The lowest BCUT2D eigenvalue weighted by molar-refractivity contribution is -0.125. The molecule has 4 bridgehead atoms. The van der Waals surface area contributed by atoms with Gasteiger partial charge in [-0.05, 0) is 61.7 Å². The summed E-state index contributed by atoms with van der Waals surface area (Å²) in [6, 6.07) is 0. The standard InChI is InChI=1S/C13H19ClO/c14-8-12(15)7-13-4-9-1-10(5-13)3-11(2-9)6-13/h9-11H,1-8H2. The quantitative estimate of drug-likeness (QED) is 0.675. The van der Waals surface area contributed by atoms with Crippen LogP contribution in [-0.4, -0.2) is 11.7 Å². The summed E-state index contributed by atoms with van der Waals surface area (Å²) in [5.74, 6) is 3.33. The summed E-state index contributed by atoms with van der Waals surface area (Å²) in [5.41, 5.74) is 0.390. The Morgan fingerprint density at radius 2 is 1.53 bits per heavy atom. The van der Waals surface area contributed by atoms with E-state index < -0.39 is 0 Å². The molecule has 0 aliphatic heterocycles. The molecule has 0 radical (unpaired) electrons. The average molecular weight is 227 g/mol. The first-order chi connectivity index (χ1) is 7.19. The van der Waals surface area contributed by atoms with Gasteiger partial charge in [-0.15, -0.1) is 11.6 Å². The highest BCUT2D eigenvalue weighted by molar-refractivity contribution is 6.27. The molecule has 0 amide bonds. The molecule has 2 heteroatoms. The van der Waals surface area contributed by atoms with Crippen LogP contribution in [-0.2, 0) is 4.79 Å². The summed E-state index contributed by atoms with van der Waals surface area (Å²) >= 11 is 5.64.